The van der Waals surface area contributed by atoms with Crippen molar-refractivity contribution in [2.24, 2.45) is 0 Å². The molecule has 1 fully saturated rings. The number of imidazole rings is 1. The van der Waals surface area contributed by atoms with Gasteiger partial charge in [-0.05, 0) is 24.3 Å². The number of Topliss-reactive ketones (excluding diaryl/α,β-unsaturated/α-hetero) is 1. The third-order valence-corrected chi connectivity index (χ3v) is 7.34. The minimum atomic E-state index is -0.669. The van der Waals surface area contributed by atoms with Crippen LogP contribution in [0, 0.1) is 0 Å². The topological polar surface area (TPSA) is 82.4 Å². The highest BCUT2D eigenvalue weighted by atomic mass is 16.5. The maximum absolute atomic E-state index is 13.4. The minimum Gasteiger partial charge on any atom is -0.493 e. The van der Waals surface area contributed by atoms with Crippen molar-refractivity contribution >= 4 is 17.3 Å². The Hall–Kier alpha value is -4.33. The second-order valence-corrected chi connectivity index (χ2v) is 9.53. The van der Waals surface area contributed by atoms with Crippen LogP contribution in [0.5, 0.6) is 17.2 Å². The van der Waals surface area contributed by atoms with Crippen molar-refractivity contribution < 1.29 is 23.8 Å². The first kappa shape index (κ1) is 23.1. The molecule has 0 unspecified atom stereocenters. The van der Waals surface area contributed by atoms with Gasteiger partial charge in [0.15, 0.2) is 17.3 Å². The van der Waals surface area contributed by atoms with Crippen molar-refractivity contribution in [1.29, 1.82) is 0 Å². The van der Waals surface area contributed by atoms with Gasteiger partial charge in [-0.25, -0.2) is 4.98 Å². The van der Waals surface area contributed by atoms with Crippen LogP contribution in [0.3, 0.4) is 0 Å². The monoisotopic (exact) mass is 497 g/mol. The number of ether oxygens (including phenoxy) is 3. The molecule has 0 atom stereocenters. The molecule has 0 radical (unpaired) electrons. The molecule has 1 saturated heterocycles. The third-order valence-electron chi connectivity index (χ3n) is 7.34. The summed E-state index contributed by atoms with van der Waals surface area (Å²) in [7, 11) is 3.09. The van der Waals surface area contributed by atoms with Crippen molar-refractivity contribution in [2.75, 3.05) is 27.3 Å². The highest BCUT2D eigenvalue weighted by molar-refractivity contribution is 6.01. The number of piperidine rings is 1. The van der Waals surface area contributed by atoms with Gasteiger partial charge in [-0.15, -0.1) is 0 Å². The Morgan fingerprint density at radius 2 is 1.81 bits per heavy atom. The maximum Gasteiger partial charge on any atom is 0.254 e. The number of hydrogen-bond acceptors (Lipinski definition) is 6. The molecule has 37 heavy (non-hydrogen) atoms. The number of carbonyl (C=O) groups excluding carboxylic acids is 2. The number of benzene rings is 2. The van der Waals surface area contributed by atoms with Crippen molar-refractivity contribution in [3.05, 3.63) is 78.1 Å². The van der Waals surface area contributed by atoms with E-state index >= 15 is 0 Å². The summed E-state index contributed by atoms with van der Waals surface area (Å²) in [4.78, 5) is 32.9. The molecular weight excluding hydrogens is 470 g/mol. The highest BCUT2D eigenvalue weighted by Crippen LogP contribution is 2.47. The number of aromatic nitrogens is 2. The molecule has 6 rings (SSSR count). The molecule has 2 aromatic heterocycles. The molecular formula is C29H27N3O5. The first-order valence-electron chi connectivity index (χ1n) is 12.3. The molecule has 8 nitrogen and oxygen atoms in total. The van der Waals surface area contributed by atoms with Gasteiger partial charge in [0.05, 0.1) is 31.9 Å². The largest absolute Gasteiger partial charge is 0.493 e. The molecule has 4 aromatic rings. The zero-order chi connectivity index (χ0) is 25.6. The van der Waals surface area contributed by atoms with Crippen LogP contribution in [-0.2, 0) is 0 Å². The van der Waals surface area contributed by atoms with E-state index in [9.17, 15) is 9.59 Å². The molecule has 0 N–H and O–H groups in total. The summed E-state index contributed by atoms with van der Waals surface area (Å²) in [6, 6.07) is 17.0. The van der Waals surface area contributed by atoms with Gasteiger partial charge < -0.3 is 23.5 Å². The smallest absolute Gasteiger partial charge is 0.254 e. The number of ketones is 1. The Kier molecular flexibility index (Phi) is 5.59. The second-order valence-electron chi connectivity index (χ2n) is 9.53. The van der Waals surface area contributed by atoms with Gasteiger partial charge in [-0.2, -0.15) is 0 Å². The van der Waals surface area contributed by atoms with Crippen molar-refractivity contribution in [3.8, 4) is 28.5 Å². The first-order chi connectivity index (χ1) is 18.0. The van der Waals surface area contributed by atoms with Crippen LogP contribution in [0.2, 0.25) is 0 Å². The molecule has 4 heterocycles. The Morgan fingerprint density at radius 3 is 2.54 bits per heavy atom. The SMILES string of the molecule is COc1ccc2c(c1OC)OC1(CCN(C(=O)c3ccn4cc(-c5ccccc5)nc4c3)CC1)CC2=O. The van der Waals surface area contributed by atoms with Crippen molar-refractivity contribution in [1.82, 2.24) is 14.3 Å². The van der Waals surface area contributed by atoms with Crippen LogP contribution in [0.25, 0.3) is 16.9 Å². The van der Waals surface area contributed by atoms with E-state index in [0.29, 0.717) is 54.3 Å². The van der Waals surface area contributed by atoms with E-state index in [1.807, 2.05) is 64.2 Å². The summed E-state index contributed by atoms with van der Waals surface area (Å²) in [5.74, 6) is 1.33. The second kappa shape index (κ2) is 8.96. The molecule has 8 heteroatoms. The van der Waals surface area contributed by atoms with Crippen molar-refractivity contribution in [3.63, 3.8) is 0 Å². The molecule has 188 valence electrons. The quantitative estimate of drug-likeness (QED) is 0.408. The van der Waals surface area contributed by atoms with Crippen molar-refractivity contribution in [2.45, 2.75) is 24.9 Å². The van der Waals surface area contributed by atoms with Crippen LogP contribution in [0.4, 0.5) is 0 Å². The minimum absolute atomic E-state index is 0.0148. The number of methoxy groups -OCH3 is 2. The fraction of sp³-hybridized carbons (Fsp3) is 0.276. The zero-order valence-corrected chi connectivity index (χ0v) is 20.8. The van der Waals surface area contributed by atoms with E-state index < -0.39 is 5.60 Å². The van der Waals surface area contributed by atoms with Gasteiger partial charge in [-0.1, -0.05) is 30.3 Å². The first-order valence-corrected chi connectivity index (χ1v) is 12.3. The summed E-state index contributed by atoms with van der Waals surface area (Å²) in [6.07, 6.45) is 5.21. The predicted octanol–water partition coefficient (Wildman–Crippen LogP) is 4.66. The summed E-state index contributed by atoms with van der Waals surface area (Å²) in [6.45, 7) is 0.977. The molecule has 2 aromatic carbocycles. The molecule has 0 bridgehead atoms. The van der Waals surface area contributed by atoms with Crippen LogP contribution < -0.4 is 14.2 Å². The molecule has 0 aliphatic carbocycles. The van der Waals surface area contributed by atoms with Crippen LogP contribution in [-0.4, -0.2) is 58.9 Å². The molecule has 2 aliphatic heterocycles. The van der Waals surface area contributed by atoms with Crippen LogP contribution in [0.15, 0.2) is 67.0 Å². The van der Waals surface area contributed by atoms with Gasteiger partial charge in [-0.3, -0.25) is 9.59 Å². The van der Waals surface area contributed by atoms with Gasteiger partial charge in [0.2, 0.25) is 5.75 Å². The van der Waals surface area contributed by atoms with E-state index in [2.05, 4.69) is 0 Å². The Morgan fingerprint density at radius 1 is 1.03 bits per heavy atom. The number of nitrogens with zero attached hydrogens (tertiary/aromatic N) is 3. The molecule has 1 spiro atoms. The summed E-state index contributed by atoms with van der Waals surface area (Å²) in [5.41, 5.74) is 3.03. The Balaban J connectivity index is 1.20. The number of amides is 1. The number of pyridine rings is 1. The van der Waals surface area contributed by atoms with Gasteiger partial charge in [0.25, 0.3) is 5.91 Å². The summed E-state index contributed by atoms with van der Waals surface area (Å²) in [5, 5.41) is 0. The Bertz CT molecular complexity index is 1500. The lowest BCUT2D eigenvalue weighted by Gasteiger charge is -2.44. The summed E-state index contributed by atoms with van der Waals surface area (Å²) >= 11 is 0. The van der Waals surface area contributed by atoms with E-state index in [-0.39, 0.29) is 18.1 Å². The number of likely N-dealkylation sites (tertiary alicyclic amines) is 1. The Labute approximate surface area is 214 Å². The fourth-order valence-electron chi connectivity index (χ4n) is 5.30. The molecule has 2 aliphatic rings. The summed E-state index contributed by atoms with van der Waals surface area (Å²) < 4.78 is 19.3. The van der Waals surface area contributed by atoms with Gasteiger partial charge in [0.1, 0.15) is 11.2 Å². The fourth-order valence-corrected chi connectivity index (χ4v) is 5.30. The van der Waals surface area contributed by atoms with E-state index in [1.54, 1.807) is 19.2 Å². The molecule has 1 amide bonds. The van der Waals surface area contributed by atoms with E-state index in [4.69, 9.17) is 19.2 Å². The lowest BCUT2D eigenvalue weighted by Crippen LogP contribution is -2.52. The third kappa shape index (κ3) is 3.98. The maximum atomic E-state index is 13.4. The molecule has 0 saturated carbocycles. The average Bonchev–Trinajstić information content (AvgIpc) is 3.36. The lowest BCUT2D eigenvalue weighted by molar-refractivity contribution is -0.00746. The number of fused-ring (bicyclic) bond motifs is 2. The van der Waals surface area contributed by atoms with Gasteiger partial charge >= 0.3 is 0 Å². The van der Waals surface area contributed by atoms with Crippen LogP contribution in [0.1, 0.15) is 40.0 Å². The average molecular weight is 498 g/mol. The van der Waals surface area contributed by atoms with E-state index in [0.717, 1.165) is 16.9 Å². The highest BCUT2D eigenvalue weighted by Gasteiger charge is 2.45. The normalized spacial score (nSPS) is 16.4. The number of carbonyl (C=O) groups is 2. The van der Waals surface area contributed by atoms with Gasteiger partial charge in [0, 0.05) is 49.5 Å². The van der Waals surface area contributed by atoms with E-state index in [1.165, 1.54) is 7.11 Å². The number of rotatable bonds is 4. The van der Waals surface area contributed by atoms with Crippen LogP contribution >= 0.6 is 0 Å². The standard InChI is InChI=1S/C29H27N3O5/c1-35-24-9-8-21-23(33)17-29(37-26(21)27(24)36-2)11-14-31(15-12-29)28(34)20-10-13-32-18-22(30-25(32)16-20)19-6-4-3-5-7-19/h3-10,13,16,18H,11-12,14-15,17H2,1-2H3. The number of hydrogen-bond donors (Lipinski definition) is 0. The predicted molar refractivity (Wildman–Crippen MR) is 138 cm³/mol. The zero-order valence-electron chi connectivity index (χ0n) is 20.8. The lowest BCUT2D eigenvalue weighted by atomic mass is 9.82.